The summed E-state index contributed by atoms with van der Waals surface area (Å²) >= 11 is 0. The minimum absolute atomic E-state index is 0. The van der Waals surface area contributed by atoms with E-state index in [4.69, 9.17) is 30.6 Å². The average Bonchev–Trinajstić information content (AvgIpc) is 2.69. The van der Waals surface area contributed by atoms with Crippen molar-refractivity contribution >= 4 is 17.9 Å². The smallest absolute Gasteiger partial charge is 0.339 e. The van der Waals surface area contributed by atoms with Crippen LogP contribution >= 0.6 is 0 Å². The minimum atomic E-state index is -1.11. The van der Waals surface area contributed by atoms with Crippen LogP contribution in [0.15, 0.2) is 72.8 Å². The molecule has 0 atom stereocenters. The van der Waals surface area contributed by atoms with Gasteiger partial charge in [-0.2, -0.15) is 0 Å². The molecule has 0 amide bonds. The number of phenols is 3. The molecule has 0 aliphatic carbocycles. The molecule has 0 saturated carbocycles. The van der Waals surface area contributed by atoms with Crippen LogP contribution in [-0.2, 0) is 0 Å². The van der Waals surface area contributed by atoms with Gasteiger partial charge in [-0.3, -0.25) is 0 Å². The van der Waals surface area contributed by atoms with Gasteiger partial charge in [-0.15, -0.1) is 0 Å². The van der Waals surface area contributed by atoms with Gasteiger partial charge in [-0.05, 0) is 36.4 Å². The van der Waals surface area contributed by atoms with E-state index >= 15 is 0 Å². The zero-order valence-electron chi connectivity index (χ0n) is 15.7. The summed E-state index contributed by atoms with van der Waals surface area (Å²) < 4.78 is 0. The van der Waals surface area contributed by atoms with E-state index in [1.165, 1.54) is 36.4 Å². The maximum Gasteiger partial charge on any atom is 0.339 e. The molecule has 0 heterocycles. The number of benzene rings is 3. The Balaban J connectivity index is 0.000000429. The number of hydrogen-bond acceptors (Lipinski definition) is 6. The Morgan fingerprint density at radius 3 is 0.774 bits per heavy atom. The summed E-state index contributed by atoms with van der Waals surface area (Å²) in [6.45, 7) is 0. The van der Waals surface area contributed by atoms with Crippen LogP contribution < -0.4 is 0 Å². The van der Waals surface area contributed by atoms with E-state index in [0.29, 0.717) is 0 Å². The summed E-state index contributed by atoms with van der Waals surface area (Å²) in [5.41, 5.74) is -0.201. The predicted molar refractivity (Wildman–Crippen MR) is 105 cm³/mol. The second-order valence-corrected chi connectivity index (χ2v) is 5.47. The third-order valence-electron chi connectivity index (χ3n) is 3.40. The number of aromatic carboxylic acids is 3. The first-order chi connectivity index (χ1) is 14.1. The van der Waals surface area contributed by atoms with E-state index < -0.39 is 17.9 Å². The van der Waals surface area contributed by atoms with Gasteiger partial charge in [0.15, 0.2) is 0 Å². The van der Waals surface area contributed by atoms with Crippen LogP contribution in [0.3, 0.4) is 0 Å². The first kappa shape index (κ1) is 28.1. The molecule has 1 radical (unpaired) electrons. The Bertz CT molecular complexity index is 903. The molecule has 6 N–H and O–H groups in total. The fourth-order valence-corrected chi connectivity index (χ4v) is 1.96. The number of aromatic hydroxyl groups is 3. The molecule has 3 aromatic carbocycles. The van der Waals surface area contributed by atoms with Gasteiger partial charge in [0.25, 0.3) is 0 Å². The Hall–Kier alpha value is -2.95. The van der Waals surface area contributed by atoms with E-state index in [1.54, 1.807) is 36.4 Å². The summed E-state index contributed by atoms with van der Waals surface area (Å²) in [7, 11) is 0. The van der Waals surface area contributed by atoms with Crippen molar-refractivity contribution in [3.05, 3.63) is 89.5 Å². The SMILES string of the molecule is O=C(O)c1ccccc1O.O=C(O)c1ccccc1O.O=C(O)c1ccccc1O.[Eu]. The van der Waals surface area contributed by atoms with Crippen LogP contribution in [0.1, 0.15) is 31.1 Å². The maximum atomic E-state index is 10.3. The first-order valence-corrected chi connectivity index (χ1v) is 8.19. The van der Waals surface area contributed by atoms with Crippen LogP contribution in [0.5, 0.6) is 17.2 Å². The third-order valence-corrected chi connectivity index (χ3v) is 3.40. The number of rotatable bonds is 3. The van der Waals surface area contributed by atoms with Gasteiger partial charge in [0, 0.05) is 49.4 Å². The van der Waals surface area contributed by atoms with Crippen LogP contribution in [0, 0.1) is 49.4 Å². The largest absolute Gasteiger partial charge is 0.507 e. The Morgan fingerprint density at radius 2 is 0.645 bits per heavy atom. The van der Waals surface area contributed by atoms with E-state index in [-0.39, 0.29) is 83.3 Å². The molecule has 9 nitrogen and oxygen atoms in total. The molecule has 0 fully saturated rings. The zero-order chi connectivity index (χ0) is 22.7. The standard InChI is InChI=1S/3C7H6O3.Eu/c3*8-6-4-2-1-3-5(6)7(9)10;/h3*1-4,8H,(H,9,10);. The molecule has 3 aromatic rings. The molecule has 163 valence electrons. The normalized spacial score (nSPS) is 8.90. The van der Waals surface area contributed by atoms with Crippen LogP contribution in [0.2, 0.25) is 0 Å². The second-order valence-electron chi connectivity index (χ2n) is 5.47. The van der Waals surface area contributed by atoms with Gasteiger partial charge in [0.05, 0.1) is 0 Å². The van der Waals surface area contributed by atoms with Crippen molar-refractivity contribution in [2.45, 2.75) is 0 Å². The van der Waals surface area contributed by atoms with E-state index in [0.717, 1.165) is 0 Å². The van der Waals surface area contributed by atoms with E-state index in [9.17, 15) is 14.4 Å². The monoisotopic (exact) mass is 567 g/mol. The van der Waals surface area contributed by atoms with Crippen molar-refractivity contribution in [1.82, 2.24) is 0 Å². The van der Waals surface area contributed by atoms with Gasteiger partial charge >= 0.3 is 17.9 Å². The molecule has 0 unspecified atom stereocenters. The fourth-order valence-electron chi connectivity index (χ4n) is 1.96. The number of carbonyl (C=O) groups is 3. The van der Waals surface area contributed by atoms with Gasteiger partial charge < -0.3 is 30.6 Å². The molecular weight excluding hydrogens is 548 g/mol. The molecule has 0 aromatic heterocycles. The summed E-state index contributed by atoms with van der Waals surface area (Å²) in [6.07, 6.45) is 0. The summed E-state index contributed by atoms with van der Waals surface area (Å²) in [4.78, 5) is 30.8. The first-order valence-electron chi connectivity index (χ1n) is 8.19. The molecule has 0 aliphatic heterocycles. The number of carboxylic acids is 3. The van der Waals surface area contributed by atoms with E-state index in [2.05, 4.69) is 0 Å². The quantitative estimate of drug-likeness (QED) is 0.278. The fraction of sp³-hybridized carbons (Fsp3) is 0. The van der Waals surface area contributed by atoms with Crippen molar-refractivity contribution < 1.29 is 94.4 Å². The predicted octanol–water partition coefficient (Wildman–Crippen LogP) is 3.27. The van der Waals surface area contributed by atoms with Gasteiger partial charge in [-0.25, -0.2) is 14.4 Å². The van der Waals surface area contributed by atoms with Crippen LogP contribution in [0.4, 0.5) is 0 Å². The molecule has 0 aliphatic rings. The minimum Gasteiger partial charge on any atom is -0.507 e. The van der Waals surface area contributed by atoms with Crippen molar-refractivity contribution in [2.24, 2.45) is 0 Å². The maximum absolute atomic E-state index is 10.3. The average molecular weight is 566 g/mol. The van der Waals surface area contributed by atoms with Crippen molar-refractivity contribution in [3.63, 3.8) is 0 Å². The molecule has 3 rings (SSSR count). The molecule has 0 saturated heterocycles. The summed E-state index contributed by atoms with van der Waals surface area (Å²) in [5, 5.41) is 51.9. The third kappa shape index (κ3) is 9.60. The van der Waals surface area contributed by atoms with Gasteiger partial charge in [0.2, 0.25) is 0 Å². The molecule has 31 heavy (non-hydrogen) atoms. The second kappa shape index (κ2) is 14.1. The molecule has 0 bridgehead atoms. The summed E-state index contributed by atoms with van der Waals surface area (Å²) in [5.74, 6) is -3.94. The topological polar surface area (TPSA) is 173 Å². The van der Waals surface area contributed by atoms with Crippen molar-refractivity contribution in [1.29, 1.82) is 0 Å². The van der Waals surface area contributed by atoms with Crippen molar-refractivity contribution in [2.75, 3.05) is 0 Å². The number of hydrogen-bond donors (Lipinski definition) is 6. The molecular formula is C21H18EuO9. The van der Waals surface area contributed by atoms with Crippen LogP contribution in [0.25, 0.3) is 0 Å². The Labute approximate surface area is 217 Å². The van der Waals surface area contributed by atoms with Crippen molar-refractivity contribution in [3.8, 4) is 17.2 Å². The van der Waals surface area contributed by atoms with E-state index in [1.807, 2.05) is 0 Å². The summed E-state index contributed by atoms with van der Waals surface area (Å²) in [6, 6.07) is 17.4. The number of para-hydroxylation sites is 3. The molecule has 10 heteroatoms. The van der Waals surface area contributed by atoms with Gasteiger partial charge in [0.1, 0.15) is 33.9 Å². The number of carboxylic acid groups (broad SMARTS) is 3. The Morgan fingerprint density at radius 1 is 0.452 bits per heavy atom. The molecule has 0 spiro atoms. The zero-order valence-corrected chi connectivity index (χ0v) is 18.1. The Kier molecular flexibility index (Phi) is 12.8. The van der Waals surface area contributed by atoms with Crippen LogP contribution in [-0.4, -0.2) is 48.5 Å². The van der Waals surface area contributed by atoms with Gasteiger partial charge in [-0.1, -0.05) is 36.4 Å².